The van der Waals surface area contributed by atoms with Gasteiger partial charge in [0.15, 0.2) is 0 Å². The van der Waals surface area contributed by atoms with Gasteiger partial charge in [-0.05, 0) is 24.3 Å². The van der Waals surface area contributed by atoms with Crippen LogP contribution in [0.5, 0.6) is 0 Å². The first kappa shape index (κ1) is 15.9. The molecule has 1 aromatic heterocycles. The van der Waals surface area contributed by atoms with E-state index in [1.807, 2.05) is 18.2 Å². The molecule has 1 aliphatic rings. The summed E-state index contributed by atoms with van der Waals surface area (Å²) >= 11 is 5.98. The lowest BCUT2D eigenvalue weighted by atomic mass is 9.93. The largest absolute Gasteiger partial charge is 0.396 e. The van der Waals surface area contributed by atoms with Crippen molar-refractivity contribution in [2.45, 2.75) is 5.92 Å². The van der Waals surface area contributed by atoms with E-state index < -0.39 is 11.7 Å². The van der Waals surface area contributed by atoms with Crippen LogP contribution in [0.3, 0.4) is 0 Å². The summed E-state index contributed by atoms with van der Waals surface area (Å²) in [5.41, 5.74) is 0.703. The van der Waals surface area contributed by atoms with E-state index >= 15 is 0 Å². The lowest BCUT2D eigenvalue weighted by Gasteiger charge is -2.17. The molecule has 1 amide bonds. The standard InChI is InChI=1S/C17H16ClFN2O2/c18-13-4-3-5-14(19)16(13)17(23)21-8-11(10-22)12(9-21)15-6-1-2-7-20-15/h1-7,11-12,22H,8-10H2/t11-,12+/m0/s1. The third-order valence-electron chi connectivity index (χ3n) is 4.21. The molecule has 120 valence electrons. The molecule has 6 heteroatoms. The molecule has 1 aromatic carbocycles. The van der Waals surface area contributed by atoms with Crippen LogP contribution < -0.4 is 0 Å². The number of amides is 1. The third kappa shape index (κ3) is 3.07. The Balaban J connectivity index is 1.86. The zero-order chi connectivity index (χ0) is 16.4. The maximum absolute atomic E-state index is 14.0. The average Bonchev–Trinajstić information content (AvgIpc) is 3.00. The Hall–Kier alpha value is -1.98. The number of carbonyl (C=O) groups excluding carboxylic acids is 1. The van der Waals surface area contributed by atoms with Crippen LogP contribution in [0.2, 0.25) is 5.02 Å². The smallest absolute Gasteiger partial charge is 0.258 e. The van der Waals surface area contributed by atoms with Crippen LogP contribution in [0, 0.1) is 11.7 Å². The van der Waals surface area contributed by atoms with Gasteiger partial charge in [-0.15, -0.1) is 0 Å². The molecular formula is C17H16ClFN2O2. The Kier molecular flexibility index (Phi) is 4.59. The van der Waals surface area contributed by atoms with E-state index in [9.17, 15) is 14.3 Å². The second-order valence-electron chi connectivity index (χ2n) is 5.61. The Morgan fingerprint density at radius 3 is 2.78 bits per heavy atom. The summed E-state index contributed by atoms with van der Waals surface area (Å²) in [5.74, 6) is -1.29. The minimum atomic E-state index is -0.635. The number of aliphatic hydroxyl groups is 1. The molecule has 2 aromatic rings. The Morgan fingerprint density at radius 2 is 2.13 bits per heavy atom. The predicted octanol–water partition coefficient (Wildman–Crippen LogP) is 2.72. The first-order valence-electron chi connectivity index (χ1n) is 7.37. The maximum Gasteiger partial charge on any atom is 0.258 e. The number of hydrogen-bond acceptors (Lipinski definition) is 3. The fraction of sp³-hybridized carbons (Fsp3) is 0.294. The number of hydrogen-bond donors (Lipinski definition) is 1. The molecule has 0 spiro atoms. The molecule has 0 unspecified atom stereocenters. The number of carbonyl (C=O) groups is 1. The normalized spacial score (nSPS) is 20.7. The van der Waals surface area contributed by atoms with Crippen molar-refractivity contribution in [3.63, 3.8) is 0 Å². The van der Waals surface area contributed by atoms with Crippen LogP contribution in [0.15, 0.2) is 42.6 Å². The van der Waals surface area contributed by atoms with Crippen molar-refractivity contribution < 1.29 is 14.3 Å². The van der Waals surface area contributed by atoms with Crippen LogP contribution in [0.25, 0.3) is 0 Å². The van der Waals surface area contributed by atoms with Gasteiger partial charge in [0.2, 0.25) is 0 Å². The summed E-state index contributed by atoms with van der Waals surface area (Å²) in [6.45, 7) is 0.670. The number of aromatic nitrogens is 1. The van der Waals surface area contributed by atoms with E-state index in [4.69, 9.17) is 11.6 Å². The fourth-order valence-corrected chi connectivity index (χ4v) is 3.26. The van der Waals surface area contributed by atoms with E-state index in [-0.39, 0.29) is 29.0 Å². The van der Waals surface area contributed by atoms with Gasteiger partial charge in [-0.3, -0.25) is 9.78 Å². The van der Waals surface area contributed by atoms with Crippen molar-refractivity contribution in [3.05, 3.63) is 64.7 Å². The van der Waals surface area contributed by atoms with Crippen molar-refractivity contribution >= 4 is 17.5 Å². The van der Waals surface area contributed by atoms with Gasteiger partial charge in [-0.25, -0.2) is 4.39 Å². The minimum absolute atomic E-state index is 0.0595. The average molecular weight is 335 g/mol. The summed E-state index contributed by atoms with van der Waals surface area (Å²) in [6, 6.07) is 9.73. The van der Waals surface area contributed by atoms with Crippen LogP contribution in [-0.2, 0) is 0 Å². The van der Waals surface area contributed by atoms with E-state index in [0.29, 0.717) is 13.1 Å². The summed E-state index contributed by atoms with van der Waals surface area (Å²) < 4.78 is 14.0. The number of benzene rings is 1. The Morgan fingerprint density at radius 1 is 1.30 bits per heavy atom. The van der Waals surface area contributed by atoms with Crippen LogP contribution in [0.1, 0.15) is 22.0 Å². The number of nitrogens with zero attached hydrogens (tertiary/aromatic N) is 2. The van der Waals surface area contributed by atoms with E-state index in [1.54, 1.807) is 6.20 Å². The predicted molar refractivity (Wildman–Crippen MR) is 84.9 cm³/mol. The molecule has 2 atom stereocenters. The molecule has 1 aliphatic heterocycles. The zero-order valence-electron chi connectivity index (χ0n) is 12.3. The number of rotatable bonds is 3. The minimum Gasteiger partial charge on any atom is -0.396 e. The van der Waals surface area contributed by atoms with Gasteiger partial charge in [0, 0.05) is 43.4 Å². The SMILES string of the molecule is O=C(c1c(F)cccc1Cl)N1C[C@@H](CO)[C@H](c2ccccn2)C1. The summed E-state index contributed by atoms with van der Waals surface area (Å²) in [5, 5.41) is 9.71. The lowest BCUT2D eigenvalue weighted by molar-refractivity contribution is 0.0777. The van der Waals surface area contributed by atoms with Gasteiger partial charge < -0.3 is 10.0 Å². The quantitative estimate of drug-likeness (QED) is 0.939. The molecular weight excluding hydrogens is 319 g/mol. The van der Waals surface area contributed by atoms with Crippen molar-refractivity contribution in [1.29, 1.82) is 0 Å². The van der Waals surface area contributed by atoms with Gasteiger partial charge in [-0.2, -0.15) is 0 Å². The Labute approximate surface area is 138 Å². The topological polar surface area (TPSA) is 53.4 Å². The van der Waals surface area contributed by atoms with Gasteiger partial charge in [0.25, 0.3) is 5.91 Å². The first-order chi connectivity index (χ1) is 11.1. The molecule has 1 fully saturated rings. The number of aliphatic hydroxyl groups excluding tert-OH is 1. The van der Waals surface area contributed by atoms with Crippen LogP contribution in [-0.4, -0.2) is 40.6 Å². The number of likely N-dealkylation sites (tertiary alicyclic amines) is 1. The molecule has 0 saturated carbocycles. The van der Waals surface area contributed by atoms with Gasteiger partial charge in [0.1, 0.15) is 5.82 Å². The molecule has 23 heavy (non-hydrogen) atoms. The lowest BCUT2D eigenvalue weighted by Crippen LogP contribution is -2.30. The molecule has 2 heterocycles. The highest BCUT2D eigenvalue weighted by molar-refractivity contribution is 6.33. The molecule has 1 saturated heterocycles. The fourth-order valence-electron chi connectivity index (χ4n) is 3.01. The second kappa shape index (κ2) is 6.64. The monoisotopic (exact) mass is 334 g/mol. The number of pyridine rings is 1. The van der Waals surface area contributed by atoms with Crippen molar-refractivity contribution in [3.8, 4) is 0 Å². The third-order valence-corrected chi connectivity index (χ3v) is 4.52. The van der Waals surface area contributed by atoms with Gasteiger partial charge in [0.05, 0.1) is 10.6 Å². The molecule has 1 N–H and O–H groups in total. The highest BCUT2D eigenvalue weighted by Crippen LogP contribution is 2.33. The molecule has 4 nitrogen and oxygen atoms in total. The molecule has 0 aliphatic carbocycles. The van der Waals surface area contributed by atoms with E-state index in [1.165, 1.54) is 23.1 Å². The first-order valence-corrected chi connectivity index (χ1v) is 7.74. The van der Waals surface area contributed by atoms with Crippen molar-refractivity contribution in [1.82, 2.24) is 9.88 Å². The van der Waals surface area contributed by atoms with E-state index in [0.717, 1.165) is 5.69 Å². The van der Waals surface area contributed by atoms with Crippen molar-refractivity contribution in [2.75, 3.05) is 19.7 Å². The summed E-state index contributed by atoms with van der Waals surface area (Å²) in [6.07, 6.45) is 1.68. The summed E-state index contributed by atoms with van der Waals surface area (Å²) in [4.78, 5) is 18.5. The highest BCUT2D eigenvalue weighted by atomic mass is 35.5. The zero-order valence-corrected chi connectivity index (χ0v) is 13.1. The van der Waals surface area contributed by atoms with Crippen LogP contribution in [0.4, 0.5) is 4.39 Å². The van der Waals surface area contributed by atoms with E-state index in [2.05, 4.69) is 4.98 Å². The number of halogens is 2. The maximum atomic E-state index is 14.0. The molecule has 3 rings (SSSR count). The Bertz CT molecular complexity index is 691. The van der Waals surface area contributed by atoms with Gasteiger partial charge >= 0.3 is 0 Å². The van der Waals surface area contributed by atoms with Gasteiger partial charge in [-0.1, -0.05) is 23.7 Å². The highest BCUT2D eigenvalue weighted by Gasteiger charge is 2.37. The molecule has 0 radical (unpaired) electrons. The summed E-state index contributed by atoms with van der Waals surface area (Å²) in [7, 11) is 0. The molecule has 0 bridgehead atoms. The van der Waals surface area contributed by atoms with Crippen molar-refractivity contribution in [2.24, 2.45) is 5.92 Å². The second-order valence-corrected chi connectivity index (χ2v) is 6.02. The van der Waals surface area contributed by atoms with Crippen LogP contribution >= 0.6 is 11.6 Å².